The van der Waals surface area contributed by atoms with Crippen molar-refractivity contribution < 1.29 is 33.4 Å². The number of carbonyl (C=O) groups is 4. The largest absolute Gasteiger partial charge is 0.488 e. The van der Waals surface area contributed by atoms with Crippen LogP contribution in [0.1, 0.15) is 49.1 Å². The molecule has 2 aromatic heterocycles. The molecule has 51 heavy (non-hydrogen) atoms. The van der Waals surface area contributed by atoms with Crippen molar-refractivity contribution in [3.05, 3.63) is 65.9 Å². The number of methoxy groups -OCH3 is 2. The first-order valence-corrected chi connectivity index (χ1v) is 16.7. The monoisotopic (exact) mass is 692 g/mol. The molecule has 15 heteroatoms. The number of nitrogens with one attached hydrogen (secondary N) is 4. The first-order valence-electron chi connectivity index (χ1n) is 16.7. The summed E-state index contributed by atoms with van der Waals surface area (Å²) >= 11 is 0. The Morgan fingerprint density at radius 1 is 0.922 bits per heavy atom. The van der Waals surface area contributed by atoms with Gasteiger partial charge in [0.15, 0.2) is 0 Å². The molecular weight excluding hydrogens is 656 g/mol. The van der Waals surface area contributed by atoms with E-state index in [1.165, 1.54) is 14.2 Å². The van der Waals surface area contributed by atoms with Crippen molar-refractivity contribution in [1.29, 1.82) is 0 Å². The third kappa shape index (κ3) is 5.63. The minimum atomic E-state index is -0.649. The van der Waals surface area contributed by atoms with Gasteiger partial charge in [-0.25, -0.2) is 19.6 Å². The Bertz CT molecular complexity index is 2230. The van der Waals surface area contributed by atoms with Crippen LogP contribution in [0, 0.1) is 0 Å². The number of amides is 4. The van der Waals surface area contributed by atoms with Crippen molar-refractivity contribution in [2.24, 2.45) is 0 Å². The summed E-state index contributed by atoms with van der Waals surface area (Å²) in [5.41, 5.74) is 6.57. The molecule has 3 aliphatic heterocycles. The molecule has 0 bridgehead atoms. The van der Waals surface area contributed by atoms with Gasteiger partial charge in [-0.2, -0.15) is 0 Å². The minimum Gasteiger partial charge on any atom is -0.488 e. The van der Waals surface area contributed by atoms with Gasteiger partial charge >= 0.3 is 12.2 Å². The number of aromatic nitrogens is 4. The van der Waals surface area contributed by atoms with Crippen molar-refractivity contribution in [2.45, 2.75) is 44.5 Å². The second-order valence-corrected chi connectivity index (χ2v) is 13.0. The van der Waals surface area contributed by atoms with Crippen LogP contribution >= 0.6 is 0 Å². The van der Waals surface area contributed by atoms with E-state index < -0.39 is 12.2 Å². The molecule has 0 spiro atoms. The highest BCUT2D eigenvalue weighted by atomic mass is 16.5. The molecule has 8 rings (SSSR count). The third-order valence-electron chi connectivity index (χ3n) is 10.0. The van der Waals surface area contributed by atoms with Crippen LogP contribution in [0.5, 0.6) is 5.75 Å². The van der Waals surface area contributed by atoms with Crippen LogP contribution in [0.2, 0.25) is 0 Å². The van der Waals surface area contributed by atoms with Gasteiger partial charge < -0.3 is 44.6 Å². The predicted molar refractivity (Wildman–Crippen MR) is 185 cm³/mol. The van der Waals surface area contributed by atoms with Crippen LogP contribution in [-0.4, -0.2) is 93.6 Å². The molecule has 5 aromatic rings. The third-order valence-corrected chi connectivity index (χ3v) is 10.0. The summed E-state index contributed by atoms with van der Waals surface area (Å²) in [6.45, 7) is 2.68. The van der Waals surface area contributed by atoms with Crippen molar-refractivity contribution in [3.63, 3.8) is 0 Å². The zero-order valence-corrected chi connectivity index (χ0v) is 28.2. The normalized spacial score (nSPS) is 18.9. The number of aromatic amines is 2. The fraction of sp³-hybridized carbons (Fsp3) is 0.333. The van der Waals surface area contributed by atoms with Crippen LogP contribution in [0.4, 0.5) is 9.59 Å². The molecule has 2 fully saturated rings. The smallest absolute Gasteiger partial charge is 0.407 e. The Balaban J connectivity index is 1.01. The molecule has 3 aromatic carbocycles. The first-order chi connectivity index (χ1) is 24.7. The number of likely N-dealkylation sites (tertiary alicyclic amines) is 2. The highest BCUT2D eigenvalue weighted by Gasteiger charge is 2.41. The van der Waals surface area contributed by atoms with Gasteiger partial charge in [-0.1, -0.05) is 18.2 Å². The molecule has 0 radical (unpaired) electrons. The van der Waals surface area contributed by atoms with E-state index in [1.807, 2.05) is 25.1 Å². The first kappa shape index (κ1) is 32.1. The van der Waals surface area contributed by atoms with E-state index in [2.05, 4.69) is 59.3 Å². The van der Waals surface area contributed by atoms with Gasteiger partial charge in [0.2, 0.25) is 11.8 Å². The summed E-state index contributed by atoms with van der Waals surface area (Å²) < 4.78 is 15.5. The van der Waals surface area contributed by atoms with Crippen molar-refractivity contribution in [1.82, 2.24) is 40.4 Å². The zero-order chi connectivity index (χ0) is 35.4. The van der Waals surface area contributed by atoms with E-state index >= 15 is 0 Å². The molecule has 4 N–H and O–H groups in total. The van der Waals surface area contributed by atoms with Crippen LogP contribution in [0.3, 0.4) is 0 Å². The van der Waals surface area contributed by atoms with Crippen LogP contribution in [-0.2, 0) is 25.7 Å². The molecule has 0 saturated carbocycles. The number of fused-ring (bicyclic) bond motifs is 6. The number of imidazole rings is 2. The summed E-state index contributed by atoms with van der Waals surface area (Å²) in [5, 5.41) is 6.90. The molecule has 5 heterocycles. The van der Waals surface area contributed by atoms with Gasteiger partial charge in [0.25, 0.3) is 0 Å². The van der Waals surface area contributed by atoms with Crippen LogP contribution in [0.25, 0.3) is 44.2 Å². The second kappa shape index (κ2) is 12.6. The lowest BCUT2D eigenvalue weighted by Crippen LogP contribution is -2.54. The van der Waals surface area contributed by atoms with E-state index in [-0.39, 0.29) is 43.0 Å². The van der Waals surface area contributed by atoms with Crippen molar-refractivity contribution in [3.8, 4) is 28.1 Å². The zero-order valence-electron chi connectivity index (χ0n) is 28.2. The summed E-state index contributed by atoms with van der Waals surface area (Å²) in [6, 6.07) is 14.1. The SMILES string of the molecule is COC(=O)NCC(=O)N1CCC1c1ncc(-c2ccc3c(c2)COc2cc4c(ccc5nc(C6C[C@H](C)N6C(=O)CNC(=O)OC)[nH]c54)cc2-3)[nH]1. The lowest BCUT2D eigenvalue weighted by atomic mass is 9.92. The molecular formula is C36H36N8O7. The lowest BCUT2D eigenvalue weighted by Gasteiger charge is -2.46. The number of carbonyl (C=O) groups excluding carboxylic acids is 4. The number of ether oxygens (including phenoxy) is 3. The molecule has 2 unspecified atom stereocenters. The van der Waals surface area contributed by atoms with Gasteiger partial charge in [0, 0.05) is 23.5 Å². The van der Waals surface area contributed by atoms with E-state index in [1.54, 1.807) is 16.0 Å². The predicted octanol–water partition coefficient (Wildman–Crippen LogP) is 4.31. The summed E-state index contributed by atoms with van der Waals surface area (Å²) in [7, 11) is 2.52. The van der Waals surface area contributed by atoms with E-state index in [4.69, 9.17) is 9.72 Å². The van der Waals surface area contributed by atoms with Crippen LogP contribution < -0.4 is 15.4 Å². The number of rotatable bonds is 7. The summed E-state index contributed by atoms with van der Waals surface area (Å²) in [5.74, 6) is 1.78. The molecule has 15 nitrogen and oxygen atoms in total. The summed E-state index contributed by atoms with van der Waals surface area (Å²) in [4.78, 5) is 68.2. The number of hydrogen-bond acceptors (Lipinski definition) is 9. The van der Waals surface area contributed by atoms with Crippen molar-refractivity contribution in [2.75, 3.05) is 33.9 Å². The lowest BCUT2D eigenvalue weighted by molar-refractivity contribution is -0.143. The number of benzene rings is 3. The molecule has 2 saturated heterocycles. The maximum atomic E-state index is 12.9. The molecule has 3 aliphatic rings. The minimum absolute atomic E-state index is 0.0233. The second-order valence-electron chi connectivity index (χ2n) is 13.0. The number of nitrogens with zero attached hydrogens (tertiary/aromatic N) is 4. The quantitative estimate of drug-likeness (QED) is 0.193. The Morgan fingerprint density at radius 3 is 2.43 bits per heavy atom. The fourth-order valence-corrected chi connectivity index (χ4v) is 7.28. The molecule has 262 valence electrons. The van der Waals surface area contributed by atoms with Crippen molar-refractivity contribution >= 4 is 45.8 Å². The molecule has 4 amide bonds. The number of H-pyrrole nitrogens is 2. The van der Waals surface area contributed by atoms with Gasteiger partial charge in [-0.15, -0.1) is 0 Å². The average molecular weight is 693 g/mol. The molecule has 3 atom stereocenters. The summed E-state index contributed by atoms with van der Waals surface area (Å²) in [6.07, 6.45) is 2.02. The van der Waals surface area contributed by atoms with Gasteiger partial charge in [-0.05, 0) is 66.1 Å². The maximum absolute atomic E-state index is 12.9. The maximum Gasteiger partial charge on any atom is 0.407 e. The highest BCUT2D eigenvalue weighted by molar-refractivity contribution is 6.07. The fourth-order valence-electron chi connectivity index (χ4n) is 7.28. The Kier molecular flexibility index (Phi) is 7.96. The Hall–Kier alpha value is -6.12. The topological polar surface area (TPSA) is 184 Å². The van der Waals surface area contributed by atoms with Gasteiger partial charge in [0.1, 0.15) is 37.1 Å². The van der Waals surface area contributed by atoms with Crippen LogP contribution in [0.15, 0.2) is 48.7 Å². The standard InChI is InChI=1S/C36H36N8O7/c1-18-10-28(44(18)31(46)16-39-36(48)50-3)34-40-25-7-5-19-12-24-22-6-4-20(11-21(22)17-51-29(24)13-23(19)32(25)42-34)26-14-37-33(41-26)27-8-9-43(27)30(45)15-38-35(47)49-2/h4-7,11-14,18,27-28H,8-10,15-17H2,1-3H3,(H,37,41)(H,38,47)(H,39,48)(H,40,42)/t18-,27?,28?/m0/s1. The van der Waals surface area contributed by atoms with E-state index in [9.17, 15) is 19.2 Å². The van der Waals surface area contributed by atoms with Gasteiger partial charge in [-0.3, -0.25) is 9.59 Å². The number of hydrogen-bond donors (Lipinski definition) is 4. The highest BCUT2D eigenvalue weighted by Crippen LogP contribution is 2.44. The Morgan fingerprint density at radius 2 is 1.71 bits per heavy atom. The number of alkyl carbamates (subject to hydrolysis) is 2. The average Bonchev–Trinajstić information content (AvgIpc) is 3.78. The van der Waals surface area contributed by atoms with Gasteiger partial charge in [0.05, 0.1) is 49.2 Å². The van der Waals surface area contributed by atoms with E-state index in [0.29, 0.717) is 24.8 Å². The molecule has 0 aliphatic carbocycles. The Labute approximate surface area is 291 Å². The van der Waals surface area contributed by atoms with E-state index in [0.717, 1.165) is 68.3 Å².